The molecule has 0 fully saturated rings. The van der Waals surface area contributed by atoms with Crippen LogP contribution < -0.4 is 0 Å². The minimum atomic E-state index is 0.124. The number of ketones is 1. The van der Waals surface area contributed by atoms with Gasteiger partial charge in [-0.15, -0.1) is 0 Å². The molecule has 0 spiro atoms. The van der Waals surface area contributed by atoms with Gasteiger partial charge in [-0.05, 0) is 12.8 Å². The molecule has 0 atom stereocenters. The van der Waals surface area contributed by atoms with E-state index in [1.54, 1.807) is 7.11 Å². The Morgan fingerprint density at radius 3 is 2.19 bits per heavy atom. The molecule has 3 heteroatoms. The molecular weight excluding hydrogens is 202 g/mol. The zero-order chi connectivity index (χ0) is 12.6. The Morgan fingerprint density at radius 1 is 1.25 bits per heavy atom. The van der Waals surface area contributed by atoms with Gasteiger partial charge >= 0.3 is 0 Å². The Labute approximate surface area is 100 Å². The van der Waals surface area contributed by atoms with E-state index in [4.69, 9.17) is 4.74 Å². The lowest BCUT2D eigenvalue weighted by molar-refractivity contribution is -0.123. The number of nitrogens with zero attached hydrogens (tertiary/aromatic N) is 1. The van der Waals surface area contributed by atoms with Crippen LogP contribution in [-0.2, 0) is 9.53 Å². The van der Waals surface area contributed by atoms with Crippen molar-refractivity contribution < 1.29 is 9.53 Å². The van der Waals surface area contributed by atoms with E-state index in [1.165, 1.54) is 0 Å². The SMILES string of the molecule is CCC(CC)N(CCOC)CC(=O)C(C)C. The second-order valence-corrected chi connectivity index (χ2v) is 4.55. The van der Waals surface area contributed by atoms with Gasteiger partial charge in [-0.25, -0.2) is 0 Å². The molecule has 96 valence electrons. The van der Waals surface area contributed by atoms with E-state index in [1.807, 2.05) is 13.8 Å². The maximum Gasteiger partial charge on any atom is 0.149 e. The lowest BCUT2D eigenvalue weighted by Crippen LogP contribution is -2.41. The maximum absolute atomic E-state index is 11.8. The van der Waals surface area contributed by atoms with Crippen molar-refractivity contribution in [3.8, 4) is 0 Å². The molecule has 0 amide bonds. The largest absolute Gasteiger partial charge is 0.383 e. The summed E-state index contributed by atoms with van der Waals surface area (Å²) >= 11 is 0. The topological polar surface area (TPSA) is 29.5 Å². The smallest absolute Gasteiger partial charge is 0.149 e. The molecule has 3 nitrogen and oxygen atoms in total. The van der Waals surface area contributed by atoms with Gasteiger partial charge in [-0.1, -0.05) is 27.7 Å². The first-order valence-corrected chi connectivity index (χ1v) is 6.32. The van der Waals surface area contributed by atoms with Gasteiger partial charge in [0.15, 0.2) is 0 Å². The first kappa shape index (κ1) is 15.6. The number of rotatable bonds is 9. The zero-order valence-corrected chi connectivity index (χ0v) is 11.5. The van der Waals surface area contributed by atoms with E-state index < -0.39 is 0 Å². The highest BCUT2D eigenvalue weighted by Crippen LogP contribution is 2.09. The summed E-state index contributed by atoms with van der Waals surface area (Å²) in [5.41, 5.74) is 0. The highest BCUT2D eigenvalue weighted by molar-refractivity contribution is 5.82. The van der Waals surface area contributed by atoms with Crippen LogP contribution in [0.5, 0.6) is 0 Å². The van der Waals surface area contributed by atoms with Gasteiger partial charge in [-0.2, -0.15) is 0 Å². The molecule has 0 aromatic rings. The predicted octanol–water partition coefficient (Wildman–Crippen LogP) is 2.35. The Kier molecular flexibility index (Phi) is 8.49. The molecule has 0 bridgehead atoms. The van der Waals surface area contributed by atoms with Crippen LogP contribution in [0.15, 0.2) is 0 Å². The predicted molar refractivity (Wildman–Crippen MR) is 67.7 cm³/mol. The molecule has 0 saturated carbocycles. The molecule has 0 aliphatic heterocycles. The third-order valence-corrected chi connectivity index (χ3v) is 3.04. The van der Waals surface area contributed by atoms with E-state index in [9.17, 15) is 4.79 Å². The lowest BCUT2D eigenvalue weighted by atomic mass is 10.1. The average Bonchev–Trinajstić information content (AvgIpc) is 2.26. The summed E-state index contributed by atoms with van der Waals surface area (Å²) in [6.45, 7) is 10.4. The van der Waals surface area contributed by atoms with Gasteiger partial charge in [-0.3, -0.25) is 9.69 Å². The summed E-state index contributed by atoms with van der Waals surface area (Å²) in [5.74, 6) is 0.447. The van der Waals surface area contributed by atoms with E-state index in [0.717, 1.165) is 19.4 Å². The quantitative estimate of drug-likeness (QED) is 0.608. The number of Topliss-reactive ketones (excluding diaryl/α,β-unsaturated/α-hetero) is 1. The summed E-state index contributed by atoms with van der Waals surface area (Å²) in [7, 11) is 1.70. The molecule has 0 saturated heterocycles. The van der Waals surface area contributed by atoms with Crippen LogP contribution in [-0.4, -0.2) is 43.5 Å². The van der Waals surface area contributed by atoms with Crippen molar-refractivity contribution in [1.29, 1.82) is 0 Å². The van der Waals surface area contributed by atoms with Crippen LogP contribution >= 0.6 is 0 Å². The van der Waals surface area contributed by atoms with Crippen LogP contribution in [0.1, 0.15) is 40.5 Å². The minimum Gasteiger partial charge on any atom is -0.383 e. The lowest BCUT2D eigenvalue weighted by Gasteiger charge is -2.30. The molecule has 0 unspecified atom stereocenters. The van der Waals surface area contributed by atoms with E-state index in [2.05, 4.69) is 18.7 Å². The van der Waals surface area contributed by atoms with E-state index >= 15 is 0 Å². The average molecular weight is 229 g/mol. The van der Waals surface area contributed by atoms with Crippen molar-refractivity contribution in [2.24, 2.45) is 5.92 Å². The molecular formula is C13H27NO2. The summed E-state index contributed by atoms with van der Waals surface area (Å²) in [6.07, 6.45) is 2.18. The first-order valence-electron chi connectivity index (χ1n) is 6.32. The van der Waals surface area contributed by atoms with E-state index in [-0.39, 0.29) is 5.92 Å². The molecule has 0 aliphatic carbocycles. The van der Waals surface area contributed by atoms with Gasteiger partial charge in [0.25, 0.3) is 0 Å². The first-order chi connectivity index (χ1) is 7.56. The van der Waals surface area contributed by atoms with Gasteiger partial charge in [0.05, 0.1) is 13.2 Å². The van der Waals surface area contributed by atoms with Crippen LogP contribution in [0.25, 0.3) is 0 Å². The van der Waals surface area contributed by atoms with E-state index in [0.29, 0.717) is 25.0 Å². The van der Waals surface area contributed by atoms with Crippen molar-refractivity contribution in [3.05, 3.63) is 0 Å². The van der Waals surface area contributed by atoms with Crippen molar-refractivity contribution >= 4 is 5.78 Å². The Morgan fingerprint density at radius 2 is 1.81 bits per heavy atom. The molecule has 0 aromatic heterocycles. The fourth-order valence-corrected chi connectivity index (χ4v) is 1.79. The molecule has 0 heterocycles. The second-order valence-electron chi connectivity index (χ2n) is 4.55. The maximum atomic E-state index is 11.8. The summed E-state index contributed by atoms with van der Waals surface area (Å²) < 4.78 is 5.10. The van der Waals surface area contributed by atoms with Crippen LogP contribution in [0.2, 0.25) is 0 Å². The molecule has 0 rings (SSSR count). The normalized spacial score (nSPS) is 11.8. The fraction of sp³-hybridized carbons (Fsp3) is 0.923. The summed E-state index contributed by atoms with van der Waals surface area (Å²) in [5, 5.41) is 0. The molecule has 0 aliphatic rings. The third-order valence-electron chi connectivity index (χ3n) is 3.04. The van der Waals surface area contributed by atoms with Crippen molar-refractivity contribution in [3.63, 3.8) is 0 Å². The number of carbonyl (C=O) groups is 1. The van der Waals surface area contributed by atoms with Crippen LogP contribution in [0.4, 0.5) is 0 Å². The summed E-state index contributed by atoms with van der Waals surface area (Å²) in [4.78, 5) is 14.0. The minimum absolute atomic E-state index is 0.124. The van der Waals surface area contributed by atoms with Gasteiger partial charge in [0.1, 0.15) is 5.78 Å². The highest BCUT2D eigenvalue weighted by Gasteiger charge is 2.19. The molecule has 0 N–H and O–H groups in total. The van der Waals surface area contributed by atoms with Crippen molar-refractivity contribution in [1.82, 2.24) is 4.90 Å². The monoisotopic (exact) mass is 229 g/mol. The number of hydrogen-bond acceptors (Lipinski definition) is 3. The van der Waals surface area contributed by atoms with Crippen LogP contribution in [0.3, 0.4) is 0 Å². The number of ether oxygens (including phenoxy) is 1. The van der Waals surface area contributed by atoms with Crippen molar-refractivity contribution in [2.45, 2.75) is 46.6 Å². The van der Waals surface area contributed by atoms with Gasteiger partial charge in [0, 0.05) is 25.6 Å². The zero-order valence-electron chi connectivity index (χ0n) is 11.5. The Balaban J connectivity index is 4.34. The summed E-state index contributed by atoms with van der Waals surface area (Å²) in [6, 6.07) is 0.498. The number of hydrogen-bond donors (Lipinski definition) is 0. The van der Waals surface area contributed by atoms with Gasteiger partial charge in [0.2, 0.25) is 0 Å². The number of carbonyl (C=O) groups excluding carboxylic acids is 1. The third kappa shape index (κ3) is 5.61. The van der Waals surface area contributed by atoms with Gasteiger partial charge < -0.3 is 4.74 Å². The Hall–Kier alpha value is -0.410. The second kappa shape index (κ2) is 8.71. The molecule has 0 aromatic carbocycles. The standard InChI is InChI=1S/C13H27NO2/c1-6-12(7-2)14(8-9-16-5)10-13(15)11(3)4/h11-12H,6-10H2,1-5H3. The van der Waals surface area contributed by atoms with Crippen molar-refractivity contribution in [2.75, 3.05) is 26.8 Å². The van der Waals surface area contributed by atoms with Crippen LogP contribution in [0, 0.1) is 5.92 Å². The highest BCUT2D eigenvalue weighted by atomic mass is 16.5. The number of methoxy groups -OCH3 is 1. The molecule has 0 radical (unpaired) electrons. The Bertz CT molecular complexity index is 188. The fourth-order valence-electron chi connectivity index (χ4n) is 1.79. The molecule has 16 heavy (non-hydrogen) atoms.